The minimum atomic E-state index is -4.30. The summed E-state index contributed by atoms with van der Waals surface area (Å²) in [5.41, 5.74) is 0.455. The van der Waals surface area contributed by atoms with Gasteiger partial charge in [-0.25, -0.2) is 0 Å². The molecule has 1 aliphatic heterocycles. The van der Waals surface area contributed by atoms with E-state index in [-0.39, 0.29) is 0 Å². The van der Waals surface area contributed by atoms with E-state index in [9.17, 15) is 13.2 Å². The second-order valence-electron chi connectivity index (χ2n) is 5.22. The van der Waals surface area contributed by atoms with E-state index in [1.54, 1.807) is 19.2 Å². The minimum absolute atomic E-state index is 0.316. The van der Waals surface area contributed by atoms with E-state index in [4.69, 9.17) is 0 Å². The van der Waals surface area contributed by atoms with Crippen LogP contribution in [0.5, 0.6) is 0 Å². The summed E-state index contributed by atoms with van der Waals surface area (Å²) >= 11 is 0. The summed E-state index contributed by atoms with van der Waals surface area (Å²) < 4.78 is 39.5. The number of hydrogen-bond donors (Lipinski definition) is 1. The normalized spacial score (nSPS) is 20.1. The van der Waals surface area contributed by atoms with Gasteiger partial charge in [0.05, 0.1) is 5.56 Å². The molecular formula is C14H19F3N2. The molecule has 1 aliphatic rings. The molecule has 19 heavy (non-hydrogen) atoms. The Morgan fingerprint density at radius 1 is 1.37 bits per heavy atom. The molecule has 0 aromatic heterocycles. The van der Waals surface area contributed by atoms with Crippen molar-refractivity contribution in [3.05, 3.63) is 29.3 Å². The fourth-order valence-corrected chi connectivity index (χ4v) is 2.55. The first kappa shape index (κ1) is 14.2. The summed E-state index contributed by atoms with van der Waals surface area (Å²) in [6, 6.07) is 4.63. The van der Waals surface area contributed by atoms with Crippen molar-refractivity contribution in [3.63, 3.8) is 0 Å². The van der Waals surface area contributed by atoms with Gasteiger partial charge in [-0.2, -0.15) is 13.2 Å². The maximum Gasteiger partial charge on any atom is 0.418 e. The molecule has 2 nitrogen and oxygen atoms in total. The third-order valence-corrected chi connectivity index (χ3v) is 3.51. The van der Waals surface area contributed by atoms with Gasteiger partial charge in [-0.1, -0.05) is 13.0 Å². The van der Waals surface area contributed by atoms with Crippen molar-refractivity contribution >= 4 is 5.69 Å². The number of nitrogens with one attached hydrogen (secondary N) is 1. The highest BCUT2D eigenvalue weighted by atomic mass is 19.4. The van der Waals surface area contributed by atoms with Gasteiger partial charge in [-0.05, 0) is 37.1 Å². The van der Waals surface area contributed by atoms with Crippen LogP contribution in [-0.2, 0) is 12.7 Å². The molecule has 1 aromatic rings. The van der Waals surface area contributed by atoms with Crippen molar-refractivity contribution < 1.29 is 13.2 Å². The summed E-state index contributed by atoms with van der Waals surface area (Å²) in [5.74, 6) is 0.457. The molecule has 1 fully saturated rings. The van der Waals surface area contributed by atoms with Crippen LogP contribution in [0.15, 0.2) is 18.2 Å². The highest BCUT2D eigenvalue weighted by Crippen LogP contribution is 2.38. The van der Waals surface area contributed by atoms with Crippen molar-refractivity contribution in [2.75, 3.05) is 25.0 Å². The lowest BCUT2D eigenvalue weighted by Crippen LogP contribution is -2.23. The predicted molar refractivity (Wildman–Crippen MR) is 70.2 cm³/mol. The van der Waals surface area contributed by atoms with Crippen LogP contribution in [0.3, 0.4) is 0 Å². The van der Waals surface area contributed by atoms with E-state index in [2.05, 4.69) is 12.2 Å². The van der Waals surface area contributed by atoms with Crippen LogP contribution < -0.4 is 10.2 Å². The lowest BCUT2D eigenvalue weighted by atomic mass is 10.1. The number of nitrogens with zero attached hydrogens (tertiary/aromatic N) is 1. The Labute approximate surface area is 111 Å². The number of rotatable bonds is 3. The summed E-state index contributed by atoms with van der Waals surface area (Å²) in [6.07, 6.45) is -3.35. The quantitative estimate of drug-likeness (QED) is 0.908. The molecule has 0 bridgehead atoms. The first-order chi connectivity index (χ1) is 8.91. The van der Waals surface area contributed by atoms with Gasteiger partial charge in [0.25, 0.3) is 0 Å². The van der Waals surface area contributed by atoms with Crippen LogP contribution in [0.25, 0.3) is 0 Å². The molecule has 1 atom stereocenters. The zero-order chi connectivity index (χ0) is 14.0. The van der Waals surface area contributed by atoms with Crippen molar-refractivity contribution in [1.82, 2.24) is 5.32 Å². The van der Waals surface area contributed by atoms with Crippen LogP contribution in [0.4, 0.5) is 18.9 Å². The molecule has 0 aliphatic carbocycles. The summed E-state index contributed by atoms with van der Waals surface area (Å²) in [6.45, 7) is 3.92. The number of hydrogen-bond acceptors (Lipinski definition) is 2. The minimum Gasteiger partial charge on any atom is -0.371 e. The molecule has 1 saturated heterocycles. The molecule has 5 heteroatoms. The van der Waals surface area contributed by atoms with Crippen LogP contribution >= 0.6 is 0 Å². The van der Waals surface area contributed by atoms with Crippen LogP contribution in [0, 0.1) is 5.92 Å². The van der Waals surface area contributed by atoms with E-state index in [1.807, 2.05) is 4.90 Å². The Kier molecular flexibility index (Phi) is 4.04. The van der Waals surface area contributed by atoms with Crippen molar-refractivity contribution in [3.8, 4) is 0 Å². The first-order valence-corrected chi connectivity index (χ1v) is 6.51. The number of halogens is 3. The smallest absolute Gasteiger partial charge is 0.371 e. The van der Waals surface area contributed by atoms with Gasteiger partial charge < -0.3 is 10.2 Å². The highest BCUT2D eigenvalue weighted by Gasteiger charge is 2.36. The maximum atomic E-state index is 13.2. The topological polar surface area (TPSA) is 15.3 Å². The van der Waals surface area contributed by atoms with Gasteiger partial charge in [0, 0.05) is 25.3 Å². The van der Waals surface area contributed by atoms with Gasteiger partial charge in [-0.3, -0.25) is 0 Å². The average molecular weight is 272 g/mol. The van der Waals surface area contributed by atoms with E-state index >= 15 is 0 Å². The van der Waals surface area contributed by atoms with E-state index in [0.717, 1.165) is 6.42 Å². The SMILES string of the molecule is CNCc1ccc(N2CCC(C)C2)c(C(F)(F)F)c1. The number of alkyl halides is 3. The molecule has 0 spiro atoms. The van der Waals surface area contributed by atoms with Crippen LogP contribution in [0.1, 0.15) is 24.5 Å². The Balaban J connectivity index is 2.36. The zero-order valence-corrected chi connectivity index (χ0v) is 11.2. The summed E-state index contributed by atoms with van der Waals surface area (Å²) in [7, 11) is 1.73. The van der Waals surface area contributed by atoms with E-state index < -0.39 is 11.7 Å². The second-order valence-corrected chi connectivity index (χ2v) is 5.22. The fourth-order valence-electron chi connectivity index (χ4n) is 2.55. The summed E-state index contributed by atoms with van der Waals surface area (Å²) in [4.78, 5) is 1.84. The first-order valence-electron chi connectivity index (χ1n) is 6.51. The Morgan fingerprint density at radius 3 is 2.63 bits per heavy atom. The molecular weight excluding hydrogens is 253 g/mol. The Morgan fingerprint density at radius 2 is 2.11 bits per heavy atom. The number of benzene rings is 1. The monoisotopic (exact) mass is 272 g/mol. The van der Waals surface area contributed by atoms with Crippen molar-refractivity contribution in [1.29, 1.82) is 0 Å². The van der Waals surface area contributed by atoms with Gasteiger partial charge in [0.2, 0.25) is 0 Å². The van der Waals surface area contributed by atoms with E-state index in [0.29, 0.717) is 36.8 Å². The van der Waals surface area contributed by atoms with Gasteiger partial charge in [0.1, 0.15) is 0 Å². The molecule has 0 amide bonds. The molecule has 0 radical (unpaired) electrons. The summed E-state index contributed by atoms with van der Waals surface area (Å²) in [5, 5.41) is 2.88. The van der Waals surface area contributed by atoms with Gasteiger partial charge in [-0.15, -0.1) is 0 Å². The third-order valence-electron chi connectivity index (χ3n) is 3.51. The maximum absolute atomic E-state index is 13.2. The van der Waals surface area contributed by atoms with Crippen LogP contribution in [0.2, 0.25) is 0 Å². The lowest BCUT2D eigenvalue weighted by molar-refractivity contribution is -0.137. The molecule has 0 saturated carbocycles. The molecule has 1 N–H and O–H groups in total. The second kappa shape index (κ2) is 5.41. The van der Waals surface area contributed by atoms with Crippen molar-refractivity contribution in [2.45, 2.75) is 26.1 Å². The molecule has 1 heterocycles. The largest absolute Gasteiger partial charge is 0.418 e. The molecule has 1 aromatic carbocycles. The average Bonchev–Trinajstić information content (AvgIpc) is 2.75. The van der Waals surface area contributed by atoms with Gasteiger partial charge >= 0.3 is 6.18 Å². The third kappa shape index (κ3) is 3.21. The molecule has 1 unspecified atom stereocenters. The van der Waals surface area contributed by atoms with Gasteiger partial charge in [0.15, 0.2) is 0 Å². The zero-order valence-electron chi connectivity index (χ0n) is 11.2. The molecule has 2 rings (SSSR count). The molecule has 106 valence electrons. The predicted octanol–water partition coefficient (Wildman–Crippen LogP) is 3.27. The van der Waals surface area contributed by atoms with Crippen molar-refractivity contribution in [2.24, 2.45) is 5.92 Å². The lowest BCUT2D eigenvalue weighted by Gasteiger charge is -2.23. The highest BCUT2D eigenvalue weighted by molar-refractivity contribution is 5.57. The Hall–Kier alpha value is -1.23. The van der Waals surface area contributed by atoms with Crippen LogP contribution in [-0.4, -0.2) is 20.1 Å². The Bertz CT molecular complexity index is 443. The number of anilines is 1. The standard InChI is InChI=1S/C14H19F3N2/c1-10-5-6-19(9-10)13-4-3-11(8-18-2)7-12(13)14(15,16)17/h3-4,7,10,18H,5-6,8-9H2,1-2H3. The fraction of sp³-hybridized carbons (Fsp3) is 0.571. The van der Waals surface area contributed by atoms with E-state index in [1.165, 1.54) is 6.07 Å².